The van der Waals surface area contributed by atoms with Crippen molar-refractivity contribution in [1.29, 1.82) is 0 Å². The molecule has 0 saturated heterocycles. The molecular weight excluding hydrogens is 335 g/mol. The van der Waals surface area contributed by atoms with Crippen LogP contribution in [0.25, 0.3) is 0 Å². The van der Waals surface area contributed by atoms with E-state index >= 15 is 0 Å². The van der Waals surface area contributed by atoms with Crippen LogP contribution in [0.15, 0.2) is 0 Å². The van der Waals surface area contributed by atoms with E-state index in [1.54, 1.807) is 0 Å². The van der Waals surface area contributed by atoms with Crippen LogP contribution in [0.4, 0.5) is 0 Å². The lowest BCUT2D eigenvalue weighted by molar-refractivity contribution is -0.0633. The van der Waals surface area contributed by atoms with Crippen LogP contribution in [-0.4, -0.2) is 16.6 Å². The van der Waals surface area contributed by atoms with E-state index in [4.69, 9.17) is 4.74 Å². The number of ether oxygens (including phenoxy) is 1. The van der Waals surface area contributed by atoms with Crippen LogP contribution in [0.2, 0.25) is 0 Å². The van der Waals surface area contributed by atoms with E-state index in [0.717, 1.165) is 18.4 Å². The van der Waals surface area contributed by atoms with Gasteiger partial charge in [0, 0.05) is 11.0 Å². The standard InChI is InChI=1S/C16H31IO/c1-4-5-6-7-12-18-16(13-17)10-8-15(9-11-16)14(2)3/h14-15H,4-13H2,1-3H3. The first kappa shape index (κ1) is 16.7. The van der Waals surface area contributed by atoms with E-state index in [1.807, 2.05) is 0 Å². The average Bonchev–Trinajstić information content (AvgIpc) is 2.39. The molecule has 0 aromatic heterocycles. The fourth-order valence-electron chi connectivity index (χ4n) is 2.97. The molecule has 2 heteroatoms. The molecule has 0 aromatic carbocycles. The van der Waals surface area contributed by atoms with E-state index in [2.05, 4.69) is 43.4 Å². The van der Waals surface area contributed by atoms with Crippen LogP contribution in [0.5, 0.6) is 0 Å². The summed E-state index contributed by atoms with van der Waals surface area (Å²) in [6.45, 7) is 7.98. The van der Waals surface area contributed by atoms with Crippen LogP contribution >= 0.6 is 22.6 Å². The van der Waals surface area contributed by atoms with Gasteiger partial charge in [0.2, 0.25) is 0 Å². The van der Waals surface area contributed by atoms with E-state index in [9.17, 15) is 0 Å². The predicted molar refractivity (Wildman–Crippen MR) is 88.5 cm³/mol. The Morgan fingerprint density at radius 1 is 1.17 bits per heavy atom. The van der Waals surface area contributed by atoms with Crippen LogP contribution in [0, 0.1) is 11.8 Å². The van der Waals surface area contributed by atoms with E-state index < -0.39 is 0 Å². The molecular formula is C16H31IO. The quantitative estimate of drug-likeness (QED) is 0.309. The molecule has 1 aliphatic carbocycles. The van der Waals surface area contributed by atoms with Crippen molar-refractivity contribution in [3.63, 3.8) is 0 Å². The lowest BCUT2D eigenvalue weighted by atomic mass is 9.75. The maximum atomic E-state index is 6.29. The van der Waals surface area contributed by atoms with E-state index in [-0.39, 0.29) is 5.60 Å². The molecule has 0 aromatic rings. The molecule has 1 rings (SSSR count). The van der Waals surface area contributed by atoms with Crippen molar-refractivity contribution in [2.45, 2.75) is 77.7 Å². The number of halogens is 1. The second-order valence-electron chi connectivity index (χ2n) is 6.31. The van der Waals surface area contributed by atoms with E-state index in [0.29, 0.717) is 0 Å². The zero-order valence-corrected chi connectivity index (χ0v) is 14.7. The normalized spacial score (nSPS) is 28.8. The largest absolute Gasteiger partial charge is 0.374 e. The summed E-state index contributed by atoms with van der Waals surface area (Å²) in [5.41, 5.74) is 0.220. The Morgan fingerprint density at radius 3 is 2.33 bits per heavy atom. The van der Waals surface area contributed by atoms with Crippen LogP contribution in [0.1, 0.15) is 72.1 Å². The number of unbranched alkanes of at least 4 members (excludes halogenated alkanes) is 3. The summed E-state index contributed by atoms with van der Waals surface area (Å²) in [5, 5.41) is 0. The highest BCUT2D eigenvalue weighted by molar-refractivity contribution is 14.1. The van der Waals surface area contributed by atoms with Gasteiger partial charge in [-0.05, 0) is 43.9 Å². The van der Waals surface area contributed by atoms with Crippen molar-refractivity contribution in [1.82, 2.24) is 0 Å². The molecule has 0 N–H and O–H groups in total. The number of alkyl halides is 1. The minimum atomic E-state index is 0.220. The maximum Gasteiger partial charge on any atom is 0.0771 e. The molecule has 0 heterocycles. The average molecular weight is 366 g/mol. The van der Waals surface area contributed by atoms with Gasteiger partial charge in [-0.1, -0.05) is 62.6 Å². The summed E-state index contributed by atoms with van der Waals surface area (Å²) >= 11 is 2.53. The Bertz CT molecular complexity index is 207. The molecule has 0 radical (unpaired) electrons. The molecule has 0 spiro atoms. The molecule has 18 heavy (non-hydrogen) atoms. The van der Waals surface area contributed by atoms with Crippen molar-refractivity contribution in [3.8, 4) is 0 Å². The SMILES string of the molecule is CCCCCCOC1(CI)CCC(C(C)C)CC1. The van der Waals surface area contributed by atoms with Gasteiger partial charge in [0.1, 0.15) is 0 Å². The van der Waals surface area contributed by atoms with E-state index in [1.165, 1.54) is 55.8 Å². The van der Waals surface area contributed by atoms with Gasteiger partial charge in [0.05, 0.1) is 5.60 Å². The van der Waals surface area contributed by atoms with Crippen LogP contribution < -0.4 is 0 Å². The molecule has 1 fully saturated rings. The van der Waals surface area contributed by atoms with Crippen molar-refractivity contribution >= 4 is 22.6 Å². The molecule has 108 valence electrons. The Labute approximate surface area is 128 Å². The zero-order valence-electron chi connectivity index (χ0n) is 12.5. The summed E-state index contributed by atoms with van der Waals surface area (Å²) in [6.07, 6.45) is 10.6. The van der Waals surface area contributed by atoms with Gasteiger partial charge in [-0.3, -0.25) is 0 Å². The summed E-state index contributed by atoms with van der Waals surface area (Å²) in [6, 6.07) is 0. The molecule has 1 nitrogen and oxygen atoms in total. The topological polar surface area (TPSA) is 9.23 Å². The number of hydrogen-bond donors (Lipinski definition) is 0. The van der Waals surface area contributed by atoms with Gasteiger partial charge >= 0.3 is 0 Å². The minimum Gasteiger partial charge on any atom is -0.374 e. The third-order valence-corrected chi connectivity index (χ3v) is 5.92. The predicted octanol–water partition coefficient (Wildman–Crippen LogP) is 5.60. The van der Waals surface area contributed by atoms with Crippen molar-refractivity contribution < 1.29 is 4.74 Å². The van der Waals surface area contributed by atoms with Crippen molar-refractivity contribution in [3.05, 3.63) is 0 Å². The van der Waals surface area contributed by atoms with Gasteiger partial charge < -0.3 is 4.74 Å². The van der Waals surface area contributed by atoms with Crippen LogP contribution in [-0.2, 0) is 4.74 Å². The Kier molecular flexibility index (Phi) is 8.17. The maximum absolute atomic E-state index is 6.29. The lowest BCUT2D eigenvalue weighted by Crippen LogP contribution is -2.40. The van der Waals surface area contributed by atoms with Gasteiger partial charge in [-0.15, -0.1) is 0 Å². The fraction of sp³-hybridized carbons (Fsp3) is 1.00. The summed E-state index contributed by atoms with van der Waals surface area (Å²) < 4.78 is 7.46. The second kappa shape index (κ2) is 8.78. The Hall–Kier alpha value is 0.690. The van der Waals surface area contributed by atoms with Gasteiger partial charge in [-0.25, -0.2) is 0 Å². The molecule has 1 aliphatic rings. The first-order chi connectivity index (χ1) is 8.63. The third-order valence-electron chi connectivity index (χ3n) is 4.53. The third kappa shape index (κ3) is 5.36. The first-order valence-corrected chi connectivity index (χ1v) is 9.36. The molecule has 0 bridgehead atoms. The van der Waals surface area contributed by atoms with Crippen molar-refractivity contribution in [2.75, 3.05) is 11.0 Å². The first-order valence-electron chi connectivity index (χ1n) is 7.83. The second-order valence-corrected chi connectivity index (χ2v) is 7.07. The monoisotopic (exact) mass is 366 g/mol. The smallest absolute Gasteiger partial charge is 0.0771 e. The molecule has 0 unspecified atom stereocenters. The molecule has 0 atom stereocenters. The summed E-state index contributed by atoms with van der Waals surface area (Å²) in [4.78, 5) is 0. The number of rotatable bonds is 8. The lowest BCUT2D eigenvalue weighted by Gasteiger charge is -2.40. The zero-order chi connectivity index (χ0) is 13.4. The molecule has 1 saturated carbocycles. The highest BCUT2D eigenvalue weighted by atomic mass is 127. The Balaban J connectivity index is 2.27. The summed E-state index contributed by atoms with van der Waals surface area (Å²) in [7, 11) is 0. The molecule has 0 amide bonds. The number of hydrogen-bond acceptors (Lipinski definition) is 1. The fourth-order valence-corrected chi connectivity index (χ4v) is 3.95. The van der Waals surface area contributed by atoms with Gasteiger partial charge in [0.25, 0.3) is 0 Å². The summed E-state index contributed by atoms with van der Waals surface area (Å²) in [5.74, 6) is 1.78. The Morgan fingerprint density at radius 2 is 1.83 bits per heavy atom. The minimum absolute atomic E-state index is 0.220. The highest BCUT2D eigenvalue weighted by Gasteiger charge is 2.35. The van der Waals surface area contributed by atoms with Gasteiger partial charge in [0.15, 0.2) is 0 Å². The molecule has 0 aliphatic heterocycles. The van der Waals surface area contributed by atoms with Gasteiger partial charge in [-0.2, -0.15) is 0 Å². The van der Waals surface area contributed by atoms with Crippen molar-refractivity contribution in [2.24, 2.45) is 11.8 Å². The van der Waals surface area contributed by atoms with Crippen LogP contribution in [0.3, 0.4) is 0 Å². The highest BCUT2D eigenvalue weighted by Crippen LogP contribution is 2.39.